The summed E-state index contributed by atoms with van der Waals surface area (Å²) in [6.07, 6.45) is 0.101. The van der Waals surface area contributed by atoms with Crippen molar-refractivity contribution in [2.24, 2.45) is 0 Å². The lowest BCUT2D eigenvalue weighted by molar-refractivity contribution is -0.172. The Morgan fingerprint density at radius 3 is 2.80 bits per heavy atom. The number of carbonyl (C=O) groups is 1. The van der Waals surface area contributed by atoms with Gasteiger partial charge < -0.3 is 24.8 Å². The van der Waals surface area contributed by atoms with Gasteiger partial charge in [0.1, 0.15) is 12.4 Å². The molecule has 30 heavy (non-hydrogen) atoms. The number of nitrogens with one attached hydrogen (secondary N) is 1. The van der Waals surface area contributed by atoms with Gasteiger partial charge >= 0.3 is 5.97 Å². The van der Waals surface area contributed by atoms with Crippen molar-refractivity contribution >= 4 is 16.9 Å². The Bertz CT molecular complexity index is 1300. The number of rotatable bonds is 3. The number of pyridine rings is 2. The van der Waals surface area contributed by atoms with Crippen LogP contribution >= 0.6 is 0 Å². The Morgan fingerprint density at radius 1 is 1.27 bits per heavy atom. The fraction of sp³-hybridized carbons (Fsp3) is 0.318. The first kappa shape index (κ1) is 18.8. The molecule has 0 saturated heterocycles. The Balaban J connectivity index is 1.83. The highest BCUT2D eigenvalue weighted by Gasteiger charge is 2.45. The largest absolute Gasteiger partial charge is 0.508 e. The fourth-order valence-corrected chi connectivity index (χ4v) is 4.53. The van der Waals surface area contributed by atoms with Gasteiger partial charge in [0.15, 0.2) is 5.60 Å². The van der Waals surface area contributed by atoms with Crippen LogP contribution in [0.5, 0.6) is 5.75 Å². The van der Waals surface area contributed by atoms with Crippen LogP contribution in [-0.2, 0) is 34.8 Å². The standard InChI is InChI=1S/C22H21N3O5/c1-3-22(29)16-7-18-19-14(9-25(18)20(27)15(16)10-30-21(22)28)13(8-23-2)12-6-11(26)4-5-17(12)24-19/h4-7,23,26,29H,3,8-10H2,1-2H3. The molecule has 5 rings (SSSR count). The molecule has 0 aliphatic carbocycles. The maximum atomic E-state index is 13.3. The lowest BCUT2D eigenvalue weighted by Crippen LogP contribution is -2.44. The molecule has 0 saturated carbocycles. The molecule has 0 fully saturated rings. The van der Waals surface area contributed by atoms with E-state index in [0.29, 0.717) is 41.1 Å². The molecule has 0 radical (unpaired) electrons. The maximum absolute atomic E-state index is 13.3. The summed E-state index contributed by atoms with van der Waals surface area (Å²) in [6, 6.07) is 6.69. The predicted molar refractivity (Wildman–Crippen MR) is 109 cm³/mol. The average Bonchev–Trinajstić information content (AvgIpc) is 3.10. The van der Waals surface area contributed by atoms with Crippen molar-refractivity contribution in [3.63, 3.8) is 0 Å². The number of fused-ring (bicyclic) bond motifs is 5. The molecule has 3 N–H and O–H groups in total. The van der Waals surface area contributed by atoms with Gasteiger partial charge in [-0.25, -0.2) is 9.78 Å². The van der Waals surface area contributed by atoms with E-state index in [1.165, 1.54) is 0 Å². The van der Waals surface area contributed by atoms with Crippen molar-refractivity contribution in [1.29, 1.82) is 0 Å². The van der Waals surface area contributed by atoms with E-state index in [1.54, 1.807) is 35.8 Å². The van der Waals surface area contributed by atoms with E-state index < -0.39 is 11.6 Å². The Kier molecular flexibility index (Phi) is 4.00. The molecule has 3 aromatic rings. The number of carbonyl (C=O) groups excluding carboxylic acids is 1. The van der Waals surface area contributed by atoms with Crippen molar-refractivity contribution in [3.8, 4) is 17.1 Å². The molecule has 2 aliphatic heterocycles. The summed E-state index contributed by atoms with van der Waals surface area (Å²) in [7, 11) is 1.83. The number of nitrogens with zero attached hydrogens (tertiary/aromatic N) is 2. The monoisotopic (exact) mass is 407 g/mol. The van der Waals surface area contributed by atoms with Crippen molar-refractivity contribution < 1.29 is 19.7 Å². The van der Waals surface area contributed by atoms with Crippen LogP contribution in [0.1, 0.15) is 35.6 Å². The molecule has 2 aromatic heterocycles. The summed E-state index contributed by atoms with van der Waals surface area (Å²) in [4.78, 5) is 30.3. The molecule has 154 valence electrons. The maximum Gasteiger partial charge on any atom is 0.343 e. The normalized spacial score (nSPS) is 19.4. The van der Waals surface area contributed by atoms with Gasteiger partial charge in [-0.05, 0) is 43.3 Å². The Hall–Kier alpha value is -3.23. The number of phenols is 1. The smallest absolute Gasteiger partial charge is 0.343 e. The highest BCUT2D eigenvalue weighted by Crippen LogP contribution is 2.40. The molecular weight excluding hydrogens is 386 g/mol. The zero-order chi connectivity index (χ0) is 21.2. The fourth-order valence-electron chi connectivity index (χ4n) is 4.53. The van der Waals surface area contributed by atoms with Gasteiger partial charge in [0, 0.05) is 23.1 Å². The van der Waals surface area contributed by atoms with Crippen LogP contribution in [0, 0.1) is 0 Å². The lowest BCUT2D eigenvalue weighted by atomic mass is 9.86. The van der Waals surface area contributed by atoms with E-state index in [2.05, 4.69) is 5.32 Å². The number of cyclic esters (lactones) is 1. The molecule has 0 spiro atoms. The Morgan fingerprint density at radius 2 is 2.07 bits per heavy atom. The lowest BCUT2D eigenvalue weighted by Gasteiger charge is -2.31. The molecule has 8 heteroatoms. The molecule has 8 nitrogen and oxygen atoms in total. The first-order chi connectivity index (χ1) is 14.4. The van der Waals surface area contributed by atoms with Gasteiger partial charge in [0.25, 0.3) is 5.56 Å². The molecule has 4 heterocycles. The minimum atomic E-state index is -1.85. The van der Waals surface area contributed by atoms with Crippen LogP contribution in [0.2, 0.25) is 0 Å². The van der Waals surface area contributed by atoms with Gasteiger partial charge in [-0.1, -0.05) is 6.92 Å². The molecule has 1 aromatic carbocycles. The van der Waals surface area contributed by atoms with E-state index in [0.717, 1.165) is 16.5 Å². The second-order valence-corrected chi connectivity index (χ2v) is 7.75. The number of aliphatic hydroxyl groups is 1. The number of aromatic nitrogens is 2. The molecule has 2 aliphatic rings. The van der Waals surface area contributed by atoms with E-state index >= 15 is 0 Å². The summed E-state index contributed by atoms with van der Waals surface area (Å²) in [5.74, 6) is -0.591. The van der Waals surface area contributed by atoms with Crippen LogP contribution in [0.3, 0.4) is 0 Å². The van der Waals surface area contributed by atoms with Gasteiger partial charge in [-0.3, -0.25) is 4.79 Å². The van der Waals surface area contributed by atoms with Crippen LogP contribution in [0.15, 0.2) is 29.1 Å². The van der Waals surface area contributed by atoms with E-state index in [-0.39, 0.29) is 24.3 Å². The topological polar surface area (TPSA) is 114 Å². The van der Waals surface area contributed by atoms with Crippen molar-refractivity contribution in [2.45, 2.75) is 38.6 Å². The summed E-state index contributed by atoms with van der Waals surface area (Å²) in [5, 5.41) is 24.9. The summed E-state index contributed by atoms with van der Waals surface area (Å²) in [6.45, 7) is 2.38. The molecule has 0 bridgehead atoms. The number of aromatic hydroxyl groups is 1. The average molecular weight is 407 g/mol. The first-order valence-corrected chi connectivity index (χ1v) is 9.85. The number of esters is 1. The van der Waals surface area contributed by atoms with Crippen LogP contribution in [0.4, 0.5) is 0 Å². The summed E-state index contributed by atoms with van der Waals surface area (Å²) in [5.41, 5.74) is 2.21. The summed E-state index contributed by atoms with van der Waals surface area (Å²) >= 11 is 0. The predicted octanol–water partition coefficient (Wildman–Crippen LogP) is 1.50. The SMILES string of the molecule is CCC1(O)C(=O)OCc2c1cc1n(c2=O)Cc2c-1nc1ccc(O)cc1c2CNC. The number of hydrogen-bond acceptors (Lipinski definition) is 7. The number of benzene rings is 1. The van der Waals surface area contributed by atoms with Crippen molar-refractivity contribution in [2.75, 3.05) is 7.05 Å². The zero-order valence-electron chi connectivity index (χ0n) is 16.7. The quantitative estimate of drug-likeness (QED) is 0.441. The molecular formula is C22H21N3O5. The highest BCUT2D eigenvalue weighted by molar-refractivity contribution is 5.89. The van der Waals surface area contributed by atoms with Gasteiger partial charge in [-0.15, -0.1) is 0 Å². The molecule has 1 unspecified atom stereocenters. The third-order valence-electron chi connectivity index (χ3n) is 6.14. The van der Waals surface area contributed by atoms with Crippen molar-refractivity contribution in [3.05, 3.63) is 56.9 Å². The van der Waals surface area contributed by atoms with Crippen LogP contribution in [0.25, 0.3) is 22.3 Å². The first-order valence-electron chi connectivity index (χ1n) is 9.85. The second kappa shape index (κ2) is 6.38. The minimum absolute atomic E-state index is 0.101. The second-order valence-electron chi connectivity index (χ2n) is 7.75. The highest BCUT2D eigenvalue weighted by atomic mass is 16.6. The van der Waals surface area contributed by atoms with Gasteiger partial charge in [-0.2, -0.15) is 0 Å². The van der Waals surface area contributed by atoms with Gasteiger partial charge in [0.2, 0.25) is 0 Å². The van der Waals surface area contributed by atoms with E-state index in [9.17, 15) is 19.8 Å². The van der Waals surface area contributed by atoms with E-state index in [1.807, 2.05) is 7.05 Å². The Labute approximate surface area is 171 Å². The molecule has 0 amide bonds. The number of phenolic OH excluding ortho intramolecular Hbond substituents is 1. The summed E-state index contributed by atoms with van der Waals surface area (Å²) < 4.78 is 6.73. The van der Waals surface area contributed by atoms with Crippen LogP contribution in [-0.4, -0.2) is 32.8 Å². The minimum Gasteiger partial charge on any atom is -0.508 e. The van der Waals surface area contributed by atoms with Crippen LogP contribution < -0.4 is 10.9 Å². The zero-order valence-corrected chi connectivity index (χ0v) is 16.7. The van der Waals surface area contributed by atoms with Gasteiger partial charge in [0.05, 0.1) is 29.0 Å². The third-order valence-corrected chi connectivity index (χ3v) is 6.14. The van der Waals surface area contributed by atoms with Crippen molar-refractivity contribution in [1.82, 2.24) is 14.9 Å². The third kappa shape index (κ3) is 2.37. The number of hydrogen-bond donors (Lipinski definition) is 3. The van der Waals surface area contributed by atoms with E-state index in [4.69, 9.17) is 9.72 Å². The molecule has 1 atom stereocenters. The number of ether oxygens (including phenoxy) is 1.